The molecule has 0 bridgehead atoms. The number of rotatable bonds is 0. The van der Waals surface area contributed by atoms with Gasteiger partial charge in [-0.3, -0.25) is 0 Å². The summed E-state index contributed by atoms with van der Waals surface area (Å²) in [4.78, 5) is 2.73. The van der Waals surface area contributed by atoms with Crippen molar-refractivity contribution in [3.63, 3.8) is 0 Å². The molecule has 5 rings (SSSR count). The highest BCUT2D eigenvalue weighted by Gasteiger charge is 2.22. The van der Waals surface area contributed by atoms with Crippen LogP contribution in [0.1, 0.15) is 32.0 Å². The van der Waals surface area contributed by atoms with Gasteiger partial charge in [0.1, 0.15) is 11.2 Å². The maximum atomic E-state index is 6.52. The van der Waals surface area contributed by atoms with Crippen molar-refractivity contribution < 1.29 is 4.42 Å². The Morgan fingerprint density at radius 3 is 1.40 bits per heavy atom. The third-order valence-electron chi connectivity index (χ3n) is 5.54. The summed E-state index contributed by atoms with van der Waals surface area (Å²) < 4.78 is 9.26. The van der Waals surface area contributed by atoms with Gasteiger partial charge < -0.3 is 4.42 Å². The van der Waals surface area contributed by atoms with Crippen LogP contribution in [0.25, 0.3) is 42.1 Å². The van der Waals surface area contributed by atoms with Crippen LogP contribution in [0.5, 0.6) is 0 Å². The molecule has 0 radical (unpaired) electrons. The molecule has 0 aliphatic rings. The minimum Gasteiger partial charge on any atom is -0.455 e. The number of benzene rings is 2. The summed E-state index contributed by atoms with van der Waals surface area (Å²) in [6, 6.07) is 4.66. The molecule has 0 unspecified atom stereocenters. The molecule has 0 amide bonds. The first-order valence-corrected chi connectivity index (χ1v) is 10.3. The molecule has 0 atom stereocenters. The van der Waals surface area contributed by atoms with Crippen LogP contribution in [0.2, 0.25) is 0 Å². The average Bonchev–Trinajstić information content (AvgIpc) is 3.25. The summed E-state index contributed by atoms with van der Waals surface area (Å²) >= 11 is 3.75. The summed E-state index contributed by atoms with van der Waals surface area (Å²) in [6.07, 6.45) is 0. The molecule has 3 aromatic heterocycles. The molecule has 0 N–H and O–H groups in total. The van der Waals surface area contributed by atoms with Crippen LogP contribution in [0.15, 0.2) is 16.5 Å². The fourth-order valence-corrected chi connectivity index (χ4v) is 6.43. The van der Waals surface area contributed by atoms with Crippen molar-refractivity contribution in [1.82, 2.24) is 0 Å². The summed E-state index contributed by atoms with van der Waals surface area (Å²) in [6.45, 7) is 13.3. The molecule has 0 aliphatic carbocycles. The second kappa shape index (κ2) is 4.87. The largest absolute Gasteiger partial charge is 0.455 e. The summed E-state index contributed by atoms with van der Waals surface area (Å²) in [5.41, 5.74) is 7.41. The third kappa shape index (κ3) is 1.83. The van der Waals surface area contributed by atoms with Crippen LogP contribution in [0, 0.1) is 41.5 Å². The maximum Gasteiger partial charge on any atom is 0.140 e. The van der Waals surface area contributed by atoms with E-state index in [0.29, 0.717) is 0 Å². The molecule has 5 aromatic rings. The van der Waals surface area contributed by atoms with Crippen molar-refractivity contribution in [2.75, 3.05) is 0 Å². The van der Waals surface area contributed by atoms with E-state index in [-0.39, 0.29) is 0 Å². The monoisotopic (exact) mass is 364 g/mol. The van der Waals surface area contributed by atoms with E-state index in [0.717, 1.165) is 11.2 Å². The quantitative estimate of drug-likeness (QED) is 0.272. The molecular weight excluding hydrogens is 344 g/mol. The van der Waals surface area contributed by atoms with Gasteiger partial charge in [-0.05, 0) is 75.6 Å². The van der Waals surface area contributed by atoms with Crippen molar-refractivity contribution in [3.05, 3.63) is 44.1 Å². The fraction of sp³-hybridized carbons (Fsp3) is 0.273. The van der Waals surface area contributed by atoms with E-state index in [9.17, 15) is 0 Å². The number of furan rings is 1. The molecule has 2 aromatic carbocycles. The first kappa shape index (κ1) is 15.4. The molecule has 0 saturated heterocycles. The minimum atomic E-state index is 1.07. The van der Waals surface area contributed by atoms with E-state index in [1.165, 1.54) is 63.0 Å². The predicted octanol–water partition coefficient (Wildman–Crippen LogP) is 7.87. The zero-order chi connectivity index (χ0) is 17.6. The second-order valence-electron chi connectivity index (χ2n) is 7.21. The standard InChI is InChI=1S/C22H20OS2/c1-9-7-15-11(3)17-18-12(4)16-8-10(2)25-22(16)14(6)20(18)23-19(17)13(5)21(15)24-9/h7-8H,1-6H3. The van der Waals surface area contributed by atoms with E-state index in [1.807, 2.05) is 22.7 Å². The number of aryl methyl sites for hydroxylation is 6. The maximum absolute atomic E-state index is 6.52. The molecule has 25 heavy (non-hydrogen) atoms. The van der Waals surface area contributed by atoms with Gasteiger partial charge in [-0.15, -0.1) is 22.7 Å². The highest BCUT2D eigenvalue weighted by molar-refractivity contribution is 7.19. The molecule has 0 aliphatic heterocycles. The van der Waals surface area contributed by atoms with Gasteiger partial charge >= 0.3 is 0 Å². The Kier molecular flexibility index (Phi) is 3.00. The van der Waals surface area contributed by atoms with Crippen LogP contribution < -0.4 is 0 Å². The Labute approximate surface area is 154 Å². The van der Waals surface area contributed by atoms with Crippen LogP contribution in [-0.4, -0.2) is 0 Å². The molecular formula is C22H20OS2. The highest BCUT2D eigenvalue weighted by atomic mass is 32.1. The molecule has 0 saturated carbocycles. The van der Waals surface area contributed by atoms with Gasteiger partial charge in [0.15, 0.2) is 0 Å². The Bertz CT molecular complexity index is 1240. The number of hydrogen-bond donors (Lipinski definition) is 0. The molecule has 126 valence electrons. The van der Waals surface area contributed by atoms with Crippen molar-refractivity contribution in [1.29, 1.82) is 0 Å². The third-order valence-corrected chi connectivity index (χ3v) is 7.88. The summed E-state index contributed by atoms with van der Waals surface area (Å²) in [5, 5.41) is 5.39. The minimum absolute atomic E-state index is 1.07. The lowest BCUT2D eigenvalue weighted by molar-refractivity contribution is 0.664. The zero-order valence-corrected chi connectivity index (χ0v) is 17.0. The highest BCUT2D eigenvalue weighted by Crippen LogP contribution is 2.46. The number of fused-ring (bicyclic) bond motifs is 5. The van der Waals surface area contributed by atoms with Crippen molar-refractivity contribution in [2.24, 2.45) is 0 Å². The number of hydrogen-bond acceptors (Lipinski definition) is 3. The van der Waals surface area contributed by atoms with Gasteiger partial charge in [-0.25, -0.2) is 0 Å². The van der Waals surface area contributed by atoms with E-state index < -0.39 is 0 Å². The van der Waals surface area contributed by atoms with Gasteiger partial charge in [-0.1, -0.05) is 0 Å². The predicted molar refractivity (Wildman–Crippen MR) is 113 cm³/mol. The lowest BCUT2D eigenvalue weighted by Crippen LogP contribution is -1.84. The van der Waals surface area contributed by atoms with Crippen LogP contribution in [-0.2, 0) is 0 Å². The summed E-state index contributed by atoms with van der Waals surface area (Å²) in [5.74, 6) is 0. The van der Waals surface area contributed by atoms with Crippen molar-refractivity contribution in [3.8, 4) is 0 Å². The molecule has 3 heteroatoms. The lowest BCUT2D eigenvalue weighted by atomic mass is 9.96. The molecule has 0 spiro atoms. The van der Waals surface area contributed by atoms with Crippen molar-refractivity contribution in [2.45, 2.75) is 41.5 Å². The van der Waals surface area contributed by atoms with E-state index in [2.05, 4.69) is 53.7 Å². The SMILES string of the molecule is Cc1cc2c(C)c3c(oc4c(C)c5sc(C)cc5c(C)c43)c(C)c2s1. The normalized spacial score (nSPS) is 12.4. The van der Waals surface area contributed by atoms with Crippen molar-refractivity contribution >= 4 is 64.8 Å². The van der Waals surface area contributed by atoms with Crippen LogP contribution >= 0.6 is 22.7 Å². The first-order valence-electron chi connectivity index (χ1n) is 8.63. The smallest absolute Gasteiger partial charge is 0.140 e. The van der Waals surface area contributed by atoms with Gasteiger partial charge in [-0.2, -0.15) is 0 Å². The lowest BCUT2D eigenvalue weighted by Gasteiger charge is -2.06. The Balaban J connectivity index is 2.14. The van der Waals surface area contributed by atoms with Crippen LogP contribution in [0.4, 0.5) is 0 Å². The zero-order valence-electron chi connectivity index (χ0n) is 15.4. The Hall–Kier alpha value is -1.84. The van der Waals surface area contributed by atoms with Gasteiger partial charge in [0.25, 0.3) is 0 Å². The average molecular weight is 365 g/mol. The van der Waals surface area contributed by atoms with Gasteiger partial charge in [0.05, 0.1) is 0 Å². The van der Waals surface area contributed by atoms with Gasteiger partial charge in [0, 0.05) is 41.1 Å². The molecule has 1 nitrogen and oxygen atoms in total. The fourth-order valence-electron chi connectivity index (χ4n) is 4.29. The van der Waals surface area contributed by atoms with E-state index >= 15 is 0 Å². The van der Waals surface area contributed by atoms with E-state index in [4.69, 9.17) is 4.42 Å². The number of thiophene rings is 2. The summed E-state index contributed by atoms with van der Waals surface area (Å²) in [7, 11) is 0. The molecule has 0 fully saturated rings. The van der Waals surface area contributed by atoms with Crippen LogP contribution in [0.3, 0.4) is 0 Å². The Morgan fingerprint density at radius 2 is 1.00 bits per heavy atom. The second-order valence-corrected chi connectivity index (χ2v) is 9.72. The Morgan fingerprint density at radius 1 is 0.600 bits per heavy atom. The van der Waals surface area contributed by atoms with Gasteiger partial charge in [0.2, 0.25) is 0 Å². The topological polar surface area (TPSA) is 13.1 Å². The first-order chi connectivity index (χ1) is 11.9. The van der Waals surface area contributed by atoms with E-state index in [1.54, 1.807) is 0 Å². The molecule has 3 heterocycles.